The highest BCUT2D eigenvalue weighted by molar-refractivity contribution is 6.30. The van der Waals surface area contributed by atoms with E-state index in [0.29, 0.717) is 12.2 Å². The number of aliphatic hydroxyl groups excluding tert-OH is 2. The molecule has 3 heterocycles. The van der Waals surface area contributed by atoms with Gasteiger partial charge in [-0.15, -0.1) is 0 Å². The predicted octanol–water partition coefficient (Wildman–Crippen LogP) is -0.979. The topological polar surface area (TPSA) is 147 Å². The van der Waals surface area contributed by atoms with Crippen LogP contribution >= 0.6 is 11.6 Å². The van der Waals surface area contributed by atoms with Crippen molar-refractivity contribution in [3.05, 3.63) is 56.2 Å². The highest BCUT2D eigenvalue weighted by Crippen LogP contribution is 2.17. The number of aryl methyl sites for hydroxylation is 1. The number of ether oxygens (including phenoxy) is 1. The van der Waals surface area contributed by atoms with E-state index in [9.17, 15) is 24.6 Å². The zero-order valence-electron chi connectivity index (χ0n) is 14.7. The van der Waals surface area contributed by atoms with Crippen LogP contribution in [0.15, 0.2) is 38.6 Å². The van der Waals surface area contributed by atoms with E-state index in [4.69, 9.17) is 20.8 Å². The van der Waals surface area contributed by atoms with Crippen molar-refractivity contribution in [2.45, 2.75) is 43.7 Å². The second-order valence-corrected chi connectivity index (χ2v) is 6.90. The Labute approximate surface area is 163 Å². The van der Waals surface area contributed by atoms with E-state index in [1.807, 2.05) is 4.98 Å². The number of carbonyl (C=O) groups is 1. The van der Waals surface area contributed by atoms with Crippen LogP contribution in [0.5, 0.6) is 0 Å². The van der Waals surface area contributed by atoms with Crippen LogP contribution in [0, 0.1) is 0 Å². The van der Waals surface area contributed by atoms with Crippen molar-refractivity contribution in [3.8, 4) is 0 Å². The smallest absolute Gasteiger partial charge is 0.328 e. The minimum atomic E-state index is -1.36. The Morgan fingerprint density at radius 2 is 2.14 bits per heavy atom. The summed E-state index contributed by atoms with van der Waals surface area (Å²) in [4.78, 5) is 37.2. The molecule has 0 aliphatic carbocycles. The van der Waals surface area contributed by atoms with E-state index >= 15 is 0 Å². The van der Waals surface area contributed by atoms with Crippen LogP contribution in [0.4, 0.5) is 0 Å². The minimum Gasteiger partial charge on any atom is -0.469 e. The maximum Gasteiger partial charge on any atom is 0.328 e. The lowest BCUT2D eigenvalue weighted by Gasteiger charge is -2.38. The highest BCUT2D eigenvalue weighted by atomic mass is 35.5. The molecule has 1 aliphatic heterocycles. The maximum absolute atomic E-state index is 12.1. The van der Waals surface area contributed by atoms with Crippen molar-refractivity contribution in [1.82, 2.24) is 14.9 Å². The van der Waals surface area contributed by atoms with Gasteiger partial charge in [-0.2, -0.15) is 0 Å². The summed E-state index contributed by atoms with van der Waals surface area (Å²) in [7, 11) is 0. The Morgan fingerprint density at radius 3 is 2.86 bits per heavy atom. The Hall–Kier alpha value is -2.40. The van der Waals surface area contributed by atoms with Gasteiger partial charge in [0, 0.05) is 19.0 Å². The van der Waals surface area contributed by atoms with Gasteiger partial charge >= 0.3 is 5.69 Å². The number of carbonyl (C=O) groups excluding carboxylic acids is 1. The molecule has 4 atom stereocenters. The number of amides is 1. The molecule has 28 heavy (non-hydrogen) atoms. The third-order valence-electron chi connectivity index (χ3n) is 4.50. The Bertz CT molecular complexity index is 924. The monoisotopic (exact) mass is 413 g/mol. The summed E-state index contributed by atoms with van der Waals surface area (Å²) < 4.78 is 11.7. The molecule has 1 saturated heterocycles. The van der Waals surface area contributed by atoms with Crippen LogP contribution in [0.1, 0.15) is 12.2 Å². The lowest BCUT2D eigenvalue weighted by Crippen LogP contribution is -2.60. The van der Waals surface area contributed by atoms with Crippen molar-refractivity contribution in [2.24, 2.45) is 0 Å². The Balaban J connectivity index is 1.56. The van der Waals surface area contributed by atoms with E-state index in [-0.39, 0.29) is 30.5 Å². The van der Waals surface area contributed by atoms with Crippen LogP contribution in [0.2, 0.25) is 5.02 Å². The molecule has 2 aromatic heterocycles. The van der Waals surface area contributed by atoms with Gasteiger partial charge in [0.25, 0.3) is 5.56 Å². The fourth-order valence-corrected chi connectivity index (χ4v) is 3.12. The average molecular weight is 414 g/mol. The van der Waals surface area contributed by atoms with Crippen molar-refractivity contribution < 1.29 is 24.2 Å². The summed E-state index contributed by atoms with van der Waals surface area (Å²) in [5.74, 6) is 0.346. The number of aromatic amines is 1. The summed E-state index contributed by atoms with van der Waals surface area (Å²) in [5.41, 5.74) is -1.43. The second kappa shape index (κ2) is 8.74. The van der Waals surface area contributed by atoms with Gasteiger partial charge in [0.05, 0.1) is 25.5 Å². The van der Waals surface area contributed by atoms with Crippen molar-refractivity contribution >= 4 is 17.5 Å². The largest absolute Gasteiger partial charge is 0.469 e. The van der Waals surface area contributed by atoms with Crippen LogP contribution < -0.4 is 16.6 Å². The van der Waals surface area contributed by atoms with Crippen molar-refractivity contribution in [1.29, 1.82) is 0 Å². The Morgan fingerprint density at radius 1 is 1.36 bits per heavy atom. The molecule has 0 bridgehead atoms. The van der Waals surface area contributed by atoms with Gasteiger partial charge in [-0.3, -0.25) is 19.1 Å². The van der Waals surface area contributed by atoms with Gasteiger partial charge < -0.3 is 24.7 Å². The van der Waals surface area contributed by atoms with Crippen LogP contribution in [0.25, 0.3) is 0 Å². The van der Waals surface area contributed by atoms with E-state index in [1.165, 1.54) is 6.26 Å². The fourth-order valence-electron chi connectivity index (χ4n) is 2.95. The predicted molar refractivity (Wildman–Crippen MR) is 97.0 cm³/mol. The van der Waals surface area contributed by atoms with E-state index in [0.717, 1.165) is 10.8 Å². The second-order valence-electron chi connectivity index (χ2n) is 6.50. The number of nitrogens with zero attached hydrogens (tertiary/aromatic N) is 1. The summed E-state index contributed by atoms with van der Waals surface area (Å²) in [6, 6.07) is 2.68. The fraction of sp³-hybridized carbons (Fsp3) is 0.471. The first-order valence-corrected chi connectivity index (χ1v) is 9.01. The van der Waals surface area contributed by atoms with Gasteiger partial charge in [-0.1, -0.05) is 11.6 Å². The zero-order chi connectivity index (χ0) is 20.3. The van der Waals surface area contributed by atoms with E-state index in [1.54, 1.807) is 12.1 Å². The summed E-state index contributed by atoms with van der Waals surface area (Å²) >= 11 is 5.71. The van der Waals surface area contributed by atoms with E-state index < -0.39 is 35.6 Å². The first kappa shape index (κ1) is 20.3. The number of aromatic nitrogens is 2. The molecule has 1 amide bonds. The third-order valence-corrected chi connectivity index (χ3v) is 4.77. The number of hydrogen-bond acceptors (Lipinski definition) is 7. The van der Waals surface area contributed by atoms with Crippen molar-refractivity contribution in [2.75, 3.05) is 6.61 Å². The molecule has 4 N–H and O–H groups in total. The van der Waals surface area contributed by atoms with Crippen LogP contribution in [-0.2, 0) is 22.5 Å². The molecule has 0 unspecified atom stereocenters. The van der Waals surface area contributed by atoms with Gasteiger partial charge in [0.15, 0.2) is 0 Å². The molecule has 152 valence electrons. The van der Waals surface area contributed by atoms with Gasteiger partial charge in [-0.25, -0.2) is 4.79 Å². The molecule has 1 fully saturated rings. The first-order valence-electron chi connectivity index (χ1n) is 8.64. The van der Waals surface area contributed by atoms with Gasteiger partial charge in [-0.05, 0) is 12.1 Å². The number of H-pyrrole nitrogens is 1. The number of aliphatic hydroxyl groups is 2. The molecule has 0 radical (unpaired) electrons. The first-order chi connectivity index (χ1) is 13.3. The molecule has 0 aromatic carbocycles. The lowest BCUT2D eigenvalue weighted by atomic mass is 9.97. The molecule has 1 aliphatic rings. The number of furan rings is 1. The molecular weight excluding hydrogens is 394 g/mol. The molecule has 10 nitrogen and oxygen atoms in total. The molecule has 3 rings (SSSR count). The van der Waals surface area contributed by atoms with Gasteiger partial charge in [0.1, 0.15) is 29.1 Å². The average Bonchev–Trinajstić information content (AvgIpc) is 3.17. The normalized spacial score (nSPS) is 24.8. The molecule has 0 saturated carbocycles. The standard InChI is InChI=1S/C17H20ClN3O7/c18-10-6-21(17(26)20-16(10)25)7-12-15(24)14(23)11(8-28-12)19-13(22)4-3-9-2-1-5-27-9/h1-2,5-6,11-12,14-15,23-24H,3-4,7-8H2,(H,19,22)(H,20,25,26)/t11-,12-,14+,15-/m1/s1. The van der Waals surface area contributed by atoms with E-state index in [2.05, 4.69) is 5.32 Å². The lowest BCUT2D eigenvalue weighted by molar-refractivity contribution is -0.158. The summed E-state index contributed by atoms with van der Waals surface area (Å²) in [6.45, 7) is -0.187. The third kappa shape index (κ3) is 4.71. The molecule has 11 heteroatoms. The summed E-state index contributed by atoms with van der Waals surface area (Å²) in [6.07, 6.45) is -0.366. The van der Waals surface area contributed by atoms with Crippen LogP contribution in [-0.4, -0.2) is 56.6 Å². The van der Waals surface area contributed by atoms with Crippen molar-refractivity contribution in [3.63, 3.8) is 0 Å². The number of nitrogens with one attached hydrogen (secondary N) is 2. The summed E-state index contributed by atoms with van der Waals surface area (Å²) in [5, 5.41) is 23.1. The zero-order valence-corrected chi connectivity index (χ0v) is 15.5. The van der Waals surface area contributed by atoms with Crippen LogP contribution in [0.3, 0.4) is 0 Å². The van der Waals surface area contributed by atoms with Gasteiger partial charge in [0.2, 0.25) is 5.91 Å². The Kier molecular flexibility index (Phi) is 6.35. The maximum atomic E-state index is 12.1. The molecular formula is C17H20ClN3O7. The highest BCUT2D eigenvalue weighted by Gasteiger charge is 2.39. The SMILES string of the molecule is O=C(CCc1ccco1)N[C@@H]1CO[C@H](Cn2cc(Cl)c(=O)[nH]c2=O)[C@@H](O)[C@H]1O. The number of hydrogen-bond donors (Lipinski definition) is 4. The molecule has 2 aromatic rings. The molecule has 0 spiro atoms. The quantitative estimate of drug-likeness (QED) is 0.476. The number of halogens is 1. The number of rotatable bonds is 6. The minimum absolute atomic E-state index is 0.0543.